The van der Waals surface area contributed by atoms with Crippen LogP contribution >= 0.6 is 0 Å². The van der Waals surface area contributed by atoms with E-state index in [0.29, 0.717) is 0 Å². The molecule has 1 amide bonds. The molecule has 0 aliphatic rings. The summed E-state index contributed by atoms with van der Waals surface area (Å²) in [6, 6.07) is 3.32. The minimum absolute atomic E-state index is 0.169. The molecule has 0 aliphatic carbocycles. The Balaban J connectivity index is 3.26. The molecule has 0 atom stereocenters. The molecular weight excluding hydrogens is 276 g/mol. The third-order valence-electron chi connectivity index (χ3n) is 2.17. The van der Waals surface area contributed by atoms with Crippen LogP contribution in [0, 0.1) is 10.1 Å². The summed E-state index contributed by atoms with van der Waals surface area (Å²) in [4.78, 5) is 20.2. The van der Waals surface area contributed by atoms with Crippen molar-refractivity contribution in [2.24, 2.45) is 5.73 Å². The molecule has 0 aliphatic heterocycles. The fourth-order valence-corrected chi connectivity index (χ4v) is 2.52. The highest BCUT2D eigenvalue weighted by molar-refractivity contribution is 7.89. The van der Waals surface area contributed by atoms with Gasteiger partial charge in [-0.15, -0.1) is 0 Å². The van der Waals surface area contributed by atoms with Gasteiger partial charge in [-0.05, 0) is 6.07 Å². The fourth-order valence-electron chi connectivity index (χ4n) is 1.30. The van der Waals surface area contributed by atoms with Gasteiger partial charge in [0.15, 0.2) is 0 Å². The van der Waals surface area contributed by atoms with E-state index in [2.05, 4.69) is 5.32 Å². The monoisotopic (exact) mass is 288 g/mol. The zero-order chi connectivity index (χ0) is 14.6. The van der Waals surface area contributed by atoms with Crippen molar-refractivity contribution in [2.45, 2.75) is 4.90 Å². The molecule has 1 aromatic carbocycles. The van der Waals surface area contributed by atoms with E-state index in [0.717, 1.165) is 6.07 Å². The average molecular weight is 288 g/mol. The lowest BCUT2D eigenvalue weighted by Gasteiger charge is -2.10. The largest absolute Gasteiger partial charge is 0.387 e. The molecule has 9 nitrogen and oxygen atoms in total. The first-order valence-electron chi connectivity index (χ1n) is 5.02. The molecule has 19 heavy (non-hydrogen) atoms. The Labute approximate surface area is 109 Å². The Bertz CT molecular complexity index is 613. The minimum atomic E-state index is -4.07. The van der Waals surface area contributed by atoms with Gasteiger partial charge in [0.25, 0.3) is 5.69 Å². The third-order valence-corrected chi connectivity index (χ3v) is 3.61. The summed E-state index contributed by atoms with van der Waals surface area (Å²) in [7, 11) is -2.61. The summed E-state index contributed by atoms with van der Waals surface area (Å²) in [5.41, 5.74) is 4.63. The zero-order valence-electron chi connectivity index (χ0n) is 9.91. The van der Waals surface area contributed by atoms with Crippen molar-refractivity contribution in [1.82, 2.24) is 4.72 Å². The van der Waals surface area contributed by atoms with Crippen molar-refractivity contribution in [3.05, 3.63) is 28.3 Å². The van der Waals surface area contributed by atoms with E-state index < -0.39 is 27.4 Å². The van der Waals surface area contributed by atoms with Gasteiger partial charge in [-0.2, -0.15) is 0 Å². The van der Waals surface area contributed by atoms with Crippen LogP contribution in [0.1, 0.15) is 0 Å². The number of hydrogen-bond acceptors (Lipinski definition) is 6. The lowest BCUT2D eigenvalue weighted by atomic mass is 10.3. The molecule has 0 bridgehead atoms. The molecule has 104 valence electrons. The number of nitro benzene ring substituents is 1. The molecule has 0 radical (unpaired) electrons. The predicted molar refractivity (Wildman–Crippen MR) is 67.0 cm³/mol. The van der Waals surface area contributed by atoms with Crippen molar-refractivity contribution >= 4 is 27.3 Å². The number of nitrogens with one attached hydrogen (secondary N) is 2. The van der Waals surface area contributed by atoms with Gasteiger partial charge in [0, 0.05) is 19.2 Å². The van der Waals surface area contributed by atoms with E-state index in [1.54, 1.807) is 0 Å². The van der Waals surface area contributed by atoms with Gasteiger partial charge in [0.05, 0.1) is 17.2 Å². The van der Waals surface area contributed by atoms with Gasteiger partial charge in [0.2, 0.25) is 15.9 Å². The van der Waals surface area contributed by atoms with Gasteiger partial charge in [-0.25, -0.2) is 13.1 Å². The number of nitro groups is 1. The minimum Gasteiger partial charge on any atom is -0.387 e. The van der Waals surface area contributed by atoms with Crippen LogP contribution in [0.25, 0.3) is 0 Å². The Morgan fingerprint density at radius 1 is 1.47 bits per heavy atom. The Hall–Kier alpha value is -2.20. The van der Waals surface area contributed by atoms with Crippen molar-refractivity contribution < 1.29 is 18.1 Å². The average Bonchev–Trinajstić information content (AvgIpc) is 2.35. The molecule has 0 fully saturated rings. The molecule has 4 N–H and O–H groups in total. The SMILES string of the molecule is CNc1ccc([N+](=O)[O-])cc1S(=O)(=O)NCC(N)=O. The molecule has 0 saturated heterocycles. The van der Waals surface area contributed by atoms with Gasteiger partial charge >= 0.3 is 0 Å². The number of carbonyl (C=O) groups is 1. The maximum absolute atomic E-state index is 11.9. The number of nitrogens with zero attached hydrogens (tertiary/aromatic N) is 1. The zero-order valence-corrected chi connectivity index (χ0v) is 10.7. The van der Waals surface area contributed by atoms with Crippen LogP contribution in [0.2, 0.25) is 0 Å². The Morgan fingerprint density at radius 2 is 2.11 bits per heavy atom. The first-order chi connectivity index (χ1) is 8.77. The van der Waals surface area contributed by atoms with Crippen molar-refractivity contribution in [2.75, 3.05) is 18.9 Å². The number of anilines is 1. The molecule has 1 aromatic rings. The van der Waals surface area contributed by atoms with E-state index in [-0.39, 0.29) is 16.3 Å². The first-order valence-corrected chi connectivity index (χ1v) is 6.50. The molecule has 1 rings (SSSR count). The number of primary amides is 1. The summed E-state index contributed by atoms with van der Waals surface area (Å²) >= 11 is 0. The lowest BCUT2D eigenvalue weighted by molar-refractivity contribution is -0.385. The van der Waals surface area contributed by atoms with Crippen LogP contribution in [-0.2, 0) is 14.8 Å². The second kappa shape index (κ2) is 5.63. The topological polar surface area (TPSA) is 144 Å². The summed E-state index contributed by atoms with van der Waals surface area (Å²) in [6.07, 6.45) is 0. The summed E-state index contributed by atoms with van der Waals surface area (Å²) in [6.45, 7) is -0.589. The van der Waals surface area contributed by atoms with Crippen molar-refractivity contribution in [3.8, 4) is 0 Å². The second-order valence-corrected chi connectivity index (χ2v) is 5.21. The number of hydrogen-bond donors (Lipinski definition) is 3. The van der Waals surface area contributed by atoms with Crippen LogP contribution in [0.15, 0.2) is 23.1 Å². The molecule has 0 unspecified atom stereocenters. The van der Waals surface area contributed by atoms with E-state index in [1.165, 1.54) is 19.2 Å². The Morgan fingerprint density at radius 3 is 2.58 bits per heavy atom. The maximum Gasteiger partial charge on any atom is 0.270 e. The highest BCUT2D eigenvalue weighted by Crippen LogP contribution is 2.25. The molecule has 0 aromatic heterocycles. The lowest BCUT2D eigenvalue weighted by Crippen LogP contribution is -2.33. The summed E-state index contributed by atoms with van der Waals surface area (Å²) in [5, 5.41) is 13.2. The van der Waals surface area contributed by atoms with E-state index in [9.17, 15) is 23.3 Å². The number of benzene rings is 1. The van der Waals surface area contributed by atoms with Gasteiger partial charge in [-0.1, -0.05) is 0 Å². The standard InChI is InChI=1S/C9H12N4O5S/c1-11-7-3-2-6(13(15)16)4-8(7)19(17,18)12-5-9(10)14/h2-4,11-12H,5H2,1H3,(H2,10,14). The number of nitrogens with two attached hydrogens (primary N) is 1. The highest BCUT2D eigenvalue weighted by Gasteiger charge is 2.22. The maximum atomic E-state index is 11.9. The van der Waals surface area contributed by atoms with Crippen LogP contribution in [0.3, 0.4) is 0 Å². The molecule has 10 heteroatoms. The molecule has 0 heterocycles. The predicted octanol–water partition coefficient (Wildman–Crippen LogP) is -0.600. The number of non-ortho nitro benzene ring substituents is 1. The fraction of sp³-hybridized carbons (Fsp3) is 0.222. The first kappa shape index (κ1) is 14.9. The summed E-state index contributed by atoms with van der Waals surface area (Å²) in [5.74, 6) is -0.861. The number of carbonyl (C=O) groups excluding carboxylic acids is 1. The Kier molecular flexibility index (Phi) is 4.40. The van der Waals surface area contributed by atoms with E-state index in [1.807, 2.05) is 4.72 Å². The third kappa shape index (κ3) is 3.63. The number of sulfonamides is 1. The number of rotatable bonds is 6. The molecule has 0 spiro atoms. The normalized spacial score (nSPS) is 11.0. The van der Waals surface area contributed by atoms with Crippen molar-refractivity contribution in [1.29, 1.82) is 0 Å². The molecule has 0 saturated carbocycles. The van der Waals surface area contributed by atoms with Crippen molar-refractivity contribution in [3.63, 3.8) is 0 Å². The van der Waals surface area contributed by atoms with Crippen LogP contribution in [-0.4, -0.2) is 32.8 Å². The summed E-state index contributed by atoms with van der Waals surface area (Å²) < 4.78 is 25.8. The van der Waals surface area contributed by atoms with Crippen LogP contribution < -0.4 is 15.8 Å². The smallest absolute Gasteiger partial charge is 0.270 e. The number of amides is 1. The highest BCUT2D eigenvalue weighted by atomic mass is 32.2. The quantitative estimate of drug-likeness (QED) is 0.471. The van der Waals surface area contributed by atoms with E-state index >= 15 is 0 Å². The van der Waals surface area contributed by atoms with Gasteiger partial charge in [0.1, 0.15) is 4.90 Å². The second-order valence-electron chi connectivity index (χ2n) is 3.48. The van der Waals surface area contributed by atoms with E-state index in [4.69, 9.17) is 5.73 Å². The van der Waals surface area contributed by atoms with Crippen LogP contribution in [0.4, 0.5) is 11.4 Å². The van der Waals surface area contributed by atoms with Gasteiger partial charge < -0.3 is 11.1 Å². The van der Waals surface area contributed by atoms with Crippen LogP contribution in [0.5, 0.6) is 0 Å². The van der Waals surface area contributed by atoms with Gasteiger partial charge in [-0.3, -0.25) is 14.9 Å². The molecular formula is C9H12N4O5S.